The van der Waals surface area contributed by atoms with Crippen molar-refractivity contribution in [2.45, 2.75) is 50.4 Å². The van der Waals surface area contributed by atoms with Crippen molar-refractivity contribution in [2.75, 3.05) is 13.1 Å². The van der Waals surface area contributed by atoms with Crippen LogP contribution in [0.5, 0.6) is 0 Å². The lowest BCUT2D eigenvalue weighted by Crippen LogP contribution is -2.58. The Bertz CT molecular complexity index is 379. The smallest absolute Gasteiger partial charge is 0.252 e. The summed E-state index contributed by atoms with van der Waals surface area (Å²) in [5, 5.41) is 7.78. The molecule has 0 aliphatic carbocycles. The minimum atomic E-state index is -0.0693. The Hall–Kier alpha value is -0.590. The molecule has 2 heterocycles. The molecular weight excluding hydrogens is 250 g/mol. The quantitative estimate of drug-likeness (QED) is 0.818. The summed E-state index contributed by atoms with van der Waals surface area (Å²) >= 11 is 1.85. The lowest BCUT2D eigenvalue weighted by atomic mass is 10.0. The highest BCUT2D eigenvalue weighted by atomic mass is 32.2. The second kappa shape index (κ2) is 6.04. The van der Waals surface area contributed by atoms with Crippen LogP contribution >= 0.6 is 11.8 Å². The highest BCUT2D eigenvalue weighted by Gasteiger charge is 2.32. The first-order valence-electron chi connectivity index (χ1n) is 6.39. The van der Waals surface area contributed by atoms with Crippen molar-refractivity contribution in [1.82, 2.24) is 15.5 Å². The molecule has 0 bridgehead atoms. The van der Waals surface area contributed by atoms with Crippen LogP contribution in [0.3, 0.4) is 0 Å². The molecule has 0 radical (unpaired) electrons. The number of thioether (sulfide) groups is 1. The third kappa shape index (κ3) is 3.70. The molecule has 0 saturated carbocycles. The van der Waals surface area contributed by atoms with Gasteiger partial charge in [0.05, 0.1) is 11.4 Å². The second-order valence-electron chi connectivity index (χ2n) is 4.98. The van der Waals surface area contributed by atoms with Crippen LogP contribution in [0.2, 0.25) is 0 Å². The summed E-state index contributed by atoms with van der Waals surface area (Å²) in [5.74, 6) is 2.14. The predicted octanol–water partition coefficient (Wildman–Crippen LogP) is 1.98. The van der Waals surface area contributed by atoms with E-state index in [1.165, 1.54) is 0 Å². The number of nitrogens with zero attached hydrogens (tertiary/aromatic N) is 2. The van der Waals surface area contributed by atoms with E-state index in [1.54, 1.807) is 0 Å². The molecule has 1 unspecified atom stereocenters. The van der Waals surface area contributed by atoms with Crippen molar-refractivity contribution in [3.8, 4) is 0 Å². The third-order valence-electron chi connectivity index (χ3n) is 3.12. The Morgan fingerprint density at radius 1 is 1.56 bits per heavy atom. The molecule has 1 fully saturated rings. The van der Waals surface area contributed by atoms with Crippen LogP contribution in [0.15, 0.2) is 4.52 Å². The molecular formula is C12H21N3O2S. The van der Waals surface area contributed by atoms with E-state index in [2.05, 4.69) is 36.2 Å². The first-order chi connectivity index (χ1) is 8.61. The van der Waals surface area contributed by atoms with E-state index in [0.29, 0.717) is 17.7 Å². The fraction of sp³-hybridized carbons (Fsp3) is 0.833. The van der Waals surface area contributed by atoms with Crippen molar-refractivity contribution in [2.24, 2.45) is 0 Å². The molecule has 1 atom stereocenters. The Kier molecular flexibility index (Phi) is 4.64. The normalized spacial score (nSPS) is 19.5. The van der Waals surface area contributed by atoms with E-state index in [-0.39, 0.29) is 5.60 Å². The molecule has 1 aliphatic rings. The van der Waals surface area contributed by atoms with Crippen LogP contribution in [0, 0.1) is 0 Å². The van der Waals surface area contributed by atoms with Gasteiger partial charge in [-0.15, -0.1) is 0 Å². The van der Waals surface area contributed by atoms with Gasteiger partial charge in [0.15, 0.2) is 5.82 Å². The van der Waals surface area contributed by atoms with Crippen LogP contribution in [0.25, 0.3) is 0 Å². The monoisotopic (exact) mass is 271 g/mol. The Labute approximate surface area is 112 Å². The lowest BCUT2D eigenvalue weighted by Gasteiger charge is -2.38. The summed E-state index contributed by atoms with van der Waals surface area (Å²) < 4.78 is 10.9. The van der Waals surface area contributed by atoms with E-state index in [0.717, 1.165) is 31.1 Å². The predicted molar refractivity (Wildman–Crippen MR) is 71.4 cm³/mol. The summed E-state index contributed by atoms with van der Waals surface area (Å²) in [6.07, 6.45) is 1.16. The SMILES string of the molecule is CCC(C)SCc1noc(COC2(C)CNC2)n1. The zero-order valence-corrected chi connectivity index (χ0v) is 12.0. The van der Waals surface area contributed by atoms with Crippen molar-refractivity contribution in [3.05, 3.63) is 11.7 Å². The van der Waals surface area contributed by atoms with Gasteiger partial charge in [0, 0.05) is 18.3 Å². The summed E-state index contributed by atoms with van der Waals surface area (Å²) in [4.78, 5) is 4.33. The molecule has 1 saturated heterocycles. The van der Waals surface area contributed by atoms with Crippen LogP contribution in [0.4, 0.5) is 0 Å². The zero-order chi connectivity index (χ0) is 13.0. The standard InChI is InChI=1S/C12H21N3O2S/c1-4-9(2)18-6-10-14-11(17-15-10)5-16-12(3)7-13-8-12/h9,13H,4-8H2,1-3H3. The fourth-order valence-electron chi connectivity index (χ4n) is 1.56. The summed E-state index contributed by atoms with van der Waals surface area (Å²) in [7, 11) is 0. The first kappa shape index (κ1) is 13.8. The van der Waals surface area contributed by atoms with Crippen LogP contribution < -0.4 is 5.32 Å². The molecule has 0 spiro atoms. The number of hydrogen-bond donors (Lipinski definition) is 1. The minimum absolute atomic E-state index is 0.0693. The molecule has 1 aromatic heterocycles. The Morgan fingerprint density at radius 2 is 2.33 bits per heavy atom. The number of ether oxygens (including phenoxy) is 1. The number of hydrogen-bond acceptors (Lipinski definition) is 6. The molecule has 6 heteroatoms. The van der Waals surface area contributed by atoms with Gasteiger partial charge in [0.1, 0.15) is 6.61 Å². The van der Waals surface area contributed by atoms with Gasteiger partial charge in [-0.1, -0.05) is 19.0 Å². The third-order valence-corrected chi connectivity index (χ3v) is 4.45. The summed E-state index contributed by atoms with van der Waals surface area (Å²) in [6, 6.07) is 0. The van der Waals surface area contributed by atoms with Gasteiger partial charge >= 0.3 is 0 Å². The molecule has 18 heavy (non-hydrogen) atoms. The summed E-state index contributed by atoms with van der Waals surface area (Å²) in [6.45, 7) is 8.65. The van der Waals surface area contributed by atoms with Gasteiger partial charge in [-0.05, 0) is 13.3 Å². The van der Waals surface area contributed by atoms with E-state index in [1.807, 2.05) is 11.8 Å². The fourth-order valence-corrected chi connectivity index (χ4v) is 2.34. The second-order valence-corrected chi connectivity index (χ2v) is 6.40. The van der Waals surface area contributed by atoms with Crippen molar-refractivity contribution in [3.63, 3.8) is 0 Å². The maximum Gasteiger partial charge on any atom is 0.252 e. The highest BCUT2D eigenvalue weighted by molar-refractivity contribution is 7.99. The lowest BCUT2D eigenvalue weighted by molar-refractivity contribution is -0.0841. The molecule has 2 rings (SSSR count). The minimum Gasteiger partial charge on any atom is -0.363 e. The van der Waals surface area contributed by atoms with Gasteiger partial charge in [0.25, 0.3) is 5.89 Å². The molecule has 0 amide bonds. The van der Waals surface area contributed by atoms with Crippen molar-refractivity contribution < 1.29 is 9.26 Å². The first-order valence-corrected chi connectivity index (χ1v) is 7.44. The zero-order valence-electron chi connectivity index (χ0n) is 11.2. The Balaban J connectivity index is 1.75. The average Bonchev–Trinajstić information content (AvgIpc) is 2.79. The summed E-state index contributed by atoms with van der Waals surface area (Å²) in [5.41, 5.74) is -0.0693. The maximum absolute atomic E-state index is 5.75. The molecule has 1 aromatic rings. The van der Waals surface area contributed by atoms with Crippen LogP contribution in [-0.4, -0.2) is 34.1 Å². The maximum atomic E-state index is 5.75. The number of rotatable bonds is 7. The van der Waals surface area contributed by atoms with E-state index in [4.69, 9.17) is 9.26 Å². The van der Waals surface area contributed by atoms with E-state index in [9.17, 15) is 0 Å². The van der Waals surface area contributed by atoms with E-state index >= 15 is 0 Å². The van der Waals surface area contributed by atoms with Gasteiger partial charge in [0.2, 0.25) is 0 Å². The van der Waals surface area contributed by atoms with Crippen molar-refractivity contribution >= 4 is 11.8 Å². The molecule has 5 nitrogen and oxygen atoms in total. The van der Waals surface area contributed by atoms with Crippen LogP contribution in [-0.2, 0) is 17.1 Å². The van der Waals surface area contributed by atoms with E-state index < -0.39 is 0 Å². The van der Waals surface area contributed by atoms with Gasteiger partial charge in [-0.3, -0.25) is 0 Å². The largest absolute Gasteiger partial charge is 0.363 e. The molecule has 1 aliphatic heterocycles. The molecule has 0 aromatic carbocycles. The highest BCUT2D eigenvalue weighted by Crippen LogP contribution is 2.20. The van der Waals surface area contributed by atoms with Crippen molar-refractivity contribution in [1.29, 1.82) is 0 Å². The topological polar surface area (TPSA) is 60.2 Å². The number of aromatic nitrogens is 2. The van der Waals surface area contributed by atoms with Crippen LogP contribution in [0.1, 0.15) is 38.9 Å². The van der Waals surface area contributed by atoms with Gasteiger partial charge < -0.3 is 14.6 Å². The number of nitrogens with one attached hydrogen (secondary N) is 1. The van der Waals surface area contributed by atoms with Gasteiger partial charge in [-0.25, -0.2) is 0 Å². The molecule has 1 N–H and O–H groups in total. The average molecular weight is 271 g/mol. The Morgan fingerprint density at radius 3 is 2.94 bits per heavy atom. The van der Waals surface area contributed by atoms with Gasteiger partial charge in [-0.2, -0.15) is 16.7 Å². The molecule has 102 valence electrons.